The average molecular weight is 447 g/mol. The molecule has 1 N–H and O–H groups in total. The molecule has 0 radical (unpaired) electrons. The van der Waals surface area contributed by atoms with Crippen molar-refractivity contribution in [2.24, 2.45) is 17.8 Å². The van der Waals surface area contributed by atoms with Crippen molar-refractivity contribution in [1.29, 1.82) is 0 Å². The predicted molar refractivity (Wildman–Crippen MR) is 133 cm³/mol. The fourth-order valence-corrected chi connectivity index (χ4v) is 4.73. The van der Waals surface area contributed by atoms with Crippen LogP contribution in [0.15, 0.2) is 24.3 Å². The molecule has 0 spiro atoms. The molecule has 0 bridgehead atoms. The lowest BCUT2D eigenvalue weighted by molar-refractivity contribution is -0.147. The van der Waals surface area contributed by atoms with Crippen molar-refractivity contribution in [2.45, 2.75) is 79.2 Å². The average Bonchev–Trinajstić information content (AvgIpc) is 2.72. The number of carbonyl (C=O) groups excluding carboxylic acids is 1. The van der Waals surface area contributed by atoms with Crippen LogP contribution in [-0.2, 0) is 9.53 Å². The van der Waals surface area contributed by atoms with Crippen molar-refractivity contribution in [2.75, 3.05) is 38.2 Å². The predicted octanol–water partition coefficient (Wildman–Crippen LogP) is 5.99. The van der Waals surface area contributed by atoms with Crippen LogP contribution in [0, 0.1) is 17.8 Å². The number of carbonyl (C=O) groups is 1. The number of benzene rings is 1. The molecule has 1 aromatic carbocycles. The molecule has 1 saturated heterocycles. The van der Waals surface area contributed by atoms with Crippen LogP contribution >= 0.6 is 0 Å². The molecule has 5 nitrogen and oxygen atoms in total. The van der Waals surface area contributed by atoms with Crippen LogP contribution in [0.4, 0.5) is 5.69 Å². The highest BCUT2D eigenvalue weighted by molar-refractivity contribution is 5.97. The smallest absolute Gasteiger partial charge is 0.256 e. The molecule has 1 heterocycles. The Morgan fingerprint density at radius 3 is 2.34 bits per heavy atom. The Labute approximate surface area is 196 Å². The van der Waals surface area contributed by atoms with E-state index >= 15 is 0 Å². The second-order valence-corrected chi connectivity index (χ2v) is 10.4. The molecule has 2 rings (SSSR count). The minimum absolute atomic E-state index is 0.0405. The summed E-state index contributed by atoms with van der Waals surface area (Å²) in [6.45, 7) is 17.6. The normalized spacial score (nSPS) is 17.7. The number of likely N-dealkylation sites (tertiary alicyclic amines) is 1. The van der Waals surface area contributed by atoms with Gasteiger partial charge in [-0.05, 0) is 80.7 Å². The molecular weight excluding hydrogens is 400 g/mol. The number of hydrogen-bond acceptors (Lipinski definition) is 4. The Morgan fingerprint density at radius 2 is 1.78 bits per heavy atom. The van der Waals surface area contributed by atoms with E-state index in [1.807, 2.05) is 24.3 Å². The molecule has 182 valence electrons. The SMILES string of the molecule is CCCOC(CC(C)C)(CC(C)C)C(=O)Nc1ccc(OCCN2CCC[C@@H](C)C2)cc1. The van der Waals surface area contributed by atoms with E-state index in [0.717, 1.165) is 30.3 Å². The molecule has 1 amide bonds. The molecule has 0 aromatic heterocycles. The van der Waals surface area contributed by atoms with Gasteiger partial charge in [0.15, 0.2) is 0 Å². The lowest BCUT2D eigenvalue weighted by Crippen LogP contribution is -2.47. The molecular formula is C27H46N2O3. The zero-order valence-electron chi connectivity index (χ0n) is 21.3. The summed E-state index contributed by atoms with van der Waals surface area (Å²) in [7, 11) is 0. The molecule has 5 heteroatoms. The number of amides is 1. The molecule has 1 atom stereocenters. The topological polar surface area (TPSA) is 50.8 Å². The Bertz CT molecular complexity index is 662. The lowest BCUT2D eigenvalue weighted by Gasteiger charge is -2.35. The molecule has 0 unspecified atom stereocenters. The molecule has 1 aliphatic rings. The van der Waals surface area contributed by atoms with Gasteiger partial charge >= 0.3 is 0 Å². The van der Waals surface area contributed by atoms with E-state index in [1.165, 1.54) is 25.9 Å². The summed E-state index contributed by atoms with van der Waals surface area (Å²) in [5, 5.41) is 3.11. The van der Waals surface area contributed by atoms with Gasteiger partial charge in [-0.25, -0.2) is 0 Å². The Balaban J connectivity index is 1.95. The second kappa shape index (κ2) is 13.2. The van der Waals surface area contributed by atoms with Crippen molar-refractivity contribution < 1.29 is 14.3 Å². The highest BCUT2D eigenvalue weighted by atomic mass is 16.5. The number of rotatable bonds is 13. The number of piperidine rings is 1. The summed E-state index contributed by atoms with van der Waals surface area (Å²) >= 11 is 0. The summed E-state index contributed by atoms with van der Waals surface area (Å²) in [5.74, 6) is 2.32. The van der Waals surface area contributed by atoms with Crippen molar-refractivity contribution in [3.8, 4) is 5.75 Å². The minimum Gasteiger partial charge on any atom is -0.492 e. The van der Waals surface area contributed by atoms with Gasteiger partial charge in [0.25, 0.3) is 5.91 Å². The van der Waals surface area contributed by atoms with Crippen LogP contribution in [0.3, 0.4) is 0 Å². The van der Waals surface area contributed by atoms with E-state index in [1.54, 1.807) is 0 Å². The maximum Gasteiger partial charge on any atom is 0.256 e. The van der Waals surface area contributed by atoms with Gasteiger partial charge in [-0.1, -0.05) is 41.5 Å². The van der Waals surface area contributed by atoms with Gasteiger partial charge in [0.2, 0.25) is 0 Å². The Hall–Kier alpha value is -1.59. The van der Waals surface area contributed by atoms with Gasteiger partial charge in [0.1, 0.15) is 18.0 Å². The summed E-state index contributed by atoms with van der Waals surface area (Å²) in [6, 6.07) is 7.72. The zero-order chi connectivity index (χ0) is 23.6. The molecule has 32 heavy (non-hydrogen) atoms. The molecule has 1 fully saturated rings. The summed E-state index contributed by atoms with van der Waals surface area (Å²) in [5.41, 5.74) is -0.0109. The first-order valence-corrected chi connectivity index (χ1v) is 12.6. The van der Waals surface area contributed by atoms with E-state index in [9.17, 15) is 4.79 Å². The third-order valence-electron chi connectivity index (χ3n) is 6.00. The fourth-order valence-electron chi connectivity index (χ4n) is 4.73. The molecule has 1 aromatic rings. The van der Waals surface area contributed by atoms with Gasteiger partial charge in [0.05, 0.1) is 0 Å². The van der Waals surface area contributed by atoms with E-state index in [2.05, 4.69) is 51.8 Å². The molecule has 0 saturated carbocycles. The summed E-state index contributed by atoms with van der Waals surface area (Å²) in [6.07, 6.45) is 4.95. The number of nitrogens with one attached hydrogen (secondary N) is 1. The molecule has 1 aliphatic heterocycles. The standard InChI is InChI=1S/C27H46N2O3/c1-7-16-32-27(18-21(2)3,19-22(4)5)26(30)28-24-10-12-25(13-11-24)31-17-15-29-14-8-9-23(6)20-29/h10-13,21-23H,7-9,14-20H2,1-6H3,(H,28,30)/t23-/m1/s1. The lowest BCUT2D eigenvalue weighted by atomic mass is 9.83. The quantitative estimate of drug-likeness (QED) is 0.404. The first-order chi connectivity index (χ1) is 15.2. The summed E-state index contributed by atoms with van der Waals surface area (Å²) < 4.78 is 12.2. The number of nitrogens with zero attached hydrogens (tertiary/aromatic N) is 1. The largest absolute Gasteiger partial charge is 0.492 e. The van der Waals surface area contributed by atoms with Crippen LogP contribution in [-0.4, -0.2) is 49.3 Å². The third-order valence-corrected chi connectivity index (χ3v) is 6.00. The van der Waals surface area contributed by atoms with Crippen LogP contribution < -0.4 is 10.1 Å². The van der Waals surface area contributed by atoms with Gasteiger partial charge in [-0.3, -0.25) is 9.69 Å². The maximum absolute atomic E-state index is 13.4. The Morgan fingerprint density at radius 1 is 1.12 bits per heavy atom. The van der Waals surface area contributed by atoms with Gasteiger partial charge < -0.3 is 14.8 Å². The first kappa shape index (κ1) is 26.7. The number of anilines is 1. The second-order valence-electron chi connectivity index (χ2n) is 10.4. The van der Waals surface area contributed by atoms with Crippen molar-refractivity contribution in [3.63, 3.8) is 0 Å². The highest BCUT2D eigenvalue weighted by Gasteiger charge is 2.40. The van der Waals surface area contributed by atoms with E-state index in [-0.39, 0.29) is 5.91 Å². The zero-order valence-corrected chi connectivity index (χ0v) is 21.3. The summed E-state index contributed by atoms with van der Waals surface area (Å²) in [4.78, 5) is 15.9. The van der Waals surface area contributed by atoms with Crippen molar-refractivity contribution in [3.05, 3.63) is 24.3 Å². The van der Waals surface area contributed by atoms with E-state index in [0.29, 0.717) is 37.9 Å². The number of hydrogen-bond donors (Lipinski definition) is 1. The fraction of sp³-hybridized carbons (Fsp3) is 0.741. The third kappa shape index (κ3) is 8.74. The van der Waals surface area contributed by atoms with E-state index < -0.39 is 5.60 Å². The first-order valence-electron chi connectivity index (χ1n) is 12.6. The Kier molecular flexibility index (Phi) is 11.0. The van der Waals surface area contributed by atoms with Crippen LogP contribution in [0.1, 0.15) is 73.6 Å². The van der Waals surface area contributed by atoms with Crippen molar-refractivity contribution >= 4 is 11.6 Å². The van der Waals surface area contributed by atoms with E-state index in [4.69, 9.17) is 9.47 Å². The van der Waals surface area contributed by atoms with Gasteiger partial charge in [-0.15, -0.1) is 0 Å². The monoisotopic (exact) mass is 446 g/mol. The highest BCUT2D eigenvalue weighted by Crippen LogP contribution is 2.31. The van der Waals surface area contributed by atoms with Crippen molar-refractivity contribution in [1.82, 2.24) is 4.90 Å². The van der Waals surface area contributed by atoms with Crippen LogP contribution in [0.25, 0.3) is 0 Å². The minimum atomic E-state index is -0.793. The number of ether oxygens (including phenoxy) is 2. The van der Waals surface area contributed by atoms with Crippen LogP contribution in [0.5, 0.6) is 5.75 Å². The van der Waals surface area contributed by atoms with Gasteiger partial charge in [-0.2, -0.15) is 0 Å². The molecule has 0 aliphatic carbocycles. The van der Waals surface area contributed by atoms with Gasteiger partial charge in [0, 0.05) is 25.4 Å². The van der Waals surface area contributed by atoms with Crippen LogP contribution in [0.2, 0.25) is 0 Å². The maximum atomic E-state index is 13.4.